The molecule has 1 aliphatic heterocycles. The lowest BCUT2D eigenvalue weighted by atomic mass is 9.99. The zero-order valence-corrected chi connectivity index (χ0v) is 18.1. The zero-order valence-electron chi connectivity index (χ0n) is 18.1. The molecular formula is C26H26N4O2. The number of hydrogen-bond donors (Lipinski definition) is 1. The second kappa shape index (κ2) is 8.85. The molecule has 0 bridgehead atoms. The predicted octanol–water partition coefficient (Wildman–Crippen LogP) is 4.32. The summed E-state index contributed by atoms with van der Waals surface area (Å²) in [6.45, 7) is 5.03. The van der Waals surface area contributed by atoms with Gasteiger partial charge in [0, 0.05) is 43.9 Å². The maximum Gasteiger partial charge on any atom is 0.287 e. The lowest BCUT2D eigenvalue weighted by Crippen LogP contribution is -2.37. The molecule has 4 heterocycles. The number of furan rings is 1. The maximum atomic E-state index is 12.5. The summed E-state index contributed by atoms with van der Waals surface area (Å²) >= 11 is 0. The average Bonchev–Trinajstić information content (AvgIpc) is 3.49. The van der Waals surface area contributed by atoms with Gasteiger partial charge in [0.25, 0.3) is 5.91 Å². The third kappa shape index (κ3) is 4.22. The summed E-state index contributed by atoms with van der Waals surface area (Å²) < 4.78 is 8.26. The van der Waals surface area contributed by atoms with Gasteiger partial charge in [-0.05, 0) is 54.4 Å². The monoisotopic (exact) mass is 426 g/mol. The molecule has 1 unspecified atom stereocenters. The molecule has 1 atom stereocenters. The Morgan fingerprint density at radius 3 is 2.69 bits per heavy atom. The van der Waals surface area contributed by atoms with Crippen molar-refractivity contribution < 1.29 is 9.21 Å². The van der Waals surface area contributed by atoms with Gasteiger partial charge in [-0.25, -0.2) is 0 Å². The Hall–Kier alpha value is -3.64. The number of amides is 1. The molecule has 0 radical (unpaired) electrons. The fraction of sp³-hybridized carbons (Fsp3) is 0.231. The highest BCUT2D eigenvalue weighted by Crippen LogP contribution is 2.33. The zero-order chi connectivity index (χ0) is 21.9. The molecule has 1 aromatic carbocycles. The van der Waals surface area contributed by atoms with E-state index in [0.717, 1.165) is 24.4 Å². The van der Waals surface area contributed by atoms with Crippen molar-refractivity contribution in [3.05, 3.63) is 113 Å². The normalized spacial score (nSPS) is 16.0. The molecule has 0 aliphatic carbocycles. The Labute approximate surface area is 187 Å². The van der Waals surface area contributed by atoms with Crippen LogP contribution < -0.4 is 5.32 Å². The van der Waals surface area contributed by atoms with E-state index >= 15 is 0 Å². The number of carbonyl (C=O) groups is 1. The summed E-state index contributed by atoms with van der Waals surface area (Å²) in [5, 5.41) is 2.90. The third-order valence-corrected chi connectivity index (χ3v) is 5.98. The van der Waals surface area contributed by atoms with Crippen molar-refractivity contribution in [1.29, 1.82) is 0 Å². The Bertz CT molecular complexity index is 1190. The van der Waals surface area contributed by atoms with Crippen LogP contribution >= 0.6 is 0 Å². The Morgan fingerprint density at radius 2 is 1.88 bits per heavy atom. The van der Waals surface area contributed by atoms with Crippen molar-refractivity contribution in [1.82, 2.24) is 19.8 Å². The molecular weight excluding hydrogens is 400 g/mol. The molecule has 4 aromatic rings. The lowest BCUT2D eigenvalue weighted by molar-refractivity contribution is 0.0916. The summed E-state index contributed by atoms with van der Waals surface area (Å²) in [6, 6.07) is 20.6. The molecule has 0 spiro atoms. The summed E-state index contributed by atoms with van der Waals surface area (Å²) in [6.07, 6.45) is 5.57. The van der Waals surface area contributed by atoms with E-state index in [9.17, 15) is 4.79 Å². The molecule has 1 amide bonds. The maximum absolute atomic E-state index is 12.5. The van der Waals surface area contributed by atoms with Crippen molar-refractivity contribution in [2.45, 2.75) is 32.6 Å². The van der Waals surface area contributed by atoms with Crippen LogP contribution in [0, 0.1) is 6.92 Å². The van der Waals surface area contributed by atoms with E-state index in [1.165, 1.54) is 16.8 Å². The molecule has 3 aromatic heterocycles. The van der Waals surface area contributed by atoms with Crippen LogP contribution in [-0.4, -0.2) is 26.9 Å². The van der Waals surface area contributed by atoms with Crippen LogP contribution in [0.25, 0.3) is 0 Å². The van der Waals surface area contributed by atoms with E-state index in [1.54, 1.807) is 18.5 Å². The molecule has 6 heteroatoms. The van der Waals surface area contributed by atoms with Crippen LogP contribution in [0.1, 0.15) is 44.7 Å². The van der Waals surface area contributed by atoms with Crippen LogP contribution in [0.3, 0.4) is 0 Å². The number of hydrogen-bond acceptors (Lipinski definition) is 4. The van der Waals surface area contributed by atoms with Crippen LogP contribution in [0.15, 0.2) is 83.7 Å². The minimum atomic E-state index is -0.212. The number of fused-ring (bicyclic) bond motifs is 1. The Balaban J connectivity index is 1.31. The van der Waals surface area contributed by atoms with Crippen molar-refractivity contribution in [2.24, 2.45) is 0 Å². The van der Waals surface area contributed by atoms with Gasteiger partial charge in [0.1, 0.15) is 5.76 Å². The Morgan fingerprint density at radius 1 is 1.06 bits per heavy atom. The van der Waals surface area contributed by atoms with Gasteiger partial charge in [0.15, 0.2) is 5.76 Å². The largest absolute Gasteiger partial charge is 0.455 e. The number of nitrogens with zero attached hydrogens (tertiary/aromatic N) is 3. The fourth-order valence-electron chi connectivity index (χ4n) is 4.29. The molecule has 5 rings (SSSR count). The quantitative estimate of drug-likeness (QED) is 0.499. The Kier molecular flexibility index (Phi) is 5.60. The van der Waals surface area contributed by atoms with Gasteiger partial charge in [-0.1, -0.05) is 29.8 Å². The average molecular weight is 427 g/mol. The summed E-state index contributed by atoms with van der Waals surface area (Å²) in [5.41, 5.74) is 4.79. The van der Waals surface area contributed by atoms with E-state index in [1.807, 2.05) is 18.2 Å². The first-order valence-electron chi connectivity index (χ1n) is 10.9. The topological polar surface area (TPSA) is 63.3 Å². The third-order valence-electron chi connectivity index (χ3n) is 5.98. The van der Waals surface area contributed by atoms with Gasteiger partial charge in [0.05, 0.1) is 12.6 Å². The number of carbonyl (C=O) groups excluding carboxylic acids is 1. The van der Waals surface area contributed by atoms with Gasteiger partial charge < -0.3 is 14.3 Å². The van der Waals surface area contributed by atoms with Crippen molar-refractivity contribution in [3.8, 4) is 0 Å². The lowest BCUT2D eigenvalue weighted by Gasteiger charge is -2.37. The molecule has 1 aliphatic rings. The first-order chi connectivity index (χ1) is 15.7. The molecule has 6 nitrogen and oxygen atoms in total. The molecule has 0 saturated carbocycles. The van der Waals surface area contributed by atoms with Crippen molar-refractivity contribution >= 4 is 5.91 Å². The van der Waals surface area contributed by atoms with Gasteiger partial charge in [-0.15, -0.1) is 0 Å². The highest BCUT2D eigenvalue weighted by atomic mass is 16.4. The SMILES string of the molecule is Cc1ccc(C2c3cccn3CCN2Cc2ccc(C(=O)NCc3ccncc3)o2)cc1. The fourth-order valence-corrected chi connectivity index (χ4v) is 4.29. The summed E-state index contributed by atoms with van der Waals surface area (Å²) in [4.78, 5) is 18.9. The first-order valence-corrected chi connectivity index (χ1v) is 10.9. The number of benzene rings is 1. The van der Waals surface area contributed by atoms with Crippen molar-refractivity contribution in [2.75, 3.05) is 6.54 Å². The highest BCUT2D eigenvalue weighted by molar-refractivity contribution is 5.91. The first kappa shape index (κ1) is 20.3. The standard InChI is InChI=1S/C26H26N4O2/c1-19-4-6-21(7-5-19)25-23-3-2-14-29(23)15-16-30(25)18-22-8-9-24(32-22)26(31)28-17-20-10-12-27-13-11-20/h2-14,25H,15-18H2,1H3,(H,28,31). The smallest absolute Gasteiger partial charge is 0.287 e. The molecule has 0 saturated heterocycles. The summed E-state index contributed by atoms with van der Waals surface area (Å²) in [5.74, 6) is 0.910. The highest BCUT2D eigenvalue weighted by Gasteiger charge is 2.29. The van der Waals surface area contributed by atoms with E-state index in [-0.39, 0.29) is 11.9 Å². The minimum absolute atomic E-state index is 0.147. The van der Waals surface area contributed by atoms with E-state index in [2.05, 4.69) is 69.3 Å². The summed E-state index contributed by atoms with van der Waals surface area (Å²) in [7, 11) is 0. The van der Waals surface area contributed by atoms with E-state index in [4.69, 9.17) is 4.42 Å². The number of aryl methyl sites for hydroxylation is 1. The number of pyridine rings is 1. The number of rotatable bonds is 6. The van der Waals surface area contributed by atoms with Gasteiger partial charge in [-0.2, -0.15) is 0 Å². The van der Waals surface area contributed by atoms with Crippen LogP contribution in [0.2, 0.25) is 0 Å². The molecule has 1 N–H and O–H groups in total. The van der Waals surface area contributed by atoms with Gasteiger partial charge in [0.2, 0.25) is 0 Å². The molecule has 0 fully saturated rings. The number of nitrogens with one attached hydrogen (secondary N) is 1. The van der Waals surface area contributed by atoms with Crippen molar-refractivity contribution in [3.63, 3.8) is 0 Å². The van der Waals surface area contributed by atoms with Crippen LogP contribution in [0.5, 0.6) is 0 Å². The minimum Gasteiger partial charge on any atom is -0.455 e. The number of aromatic nitrogens is 2. The molecule has 32 heavy (non-hydrogen) atoms. The van der Waals surface area contributed by atoms with Crippen LogP contribution in [0.4, 0.5) is 0 Å². The van der Waals surface area contributed by atoms with Gasteiger partial charge >= 0.3 is 0 Å². The van der Waals surface area contributed by atoms with Crippen LogP contribution in [-0.2, 0) is 19.6 Å². The second-order valence-corrected chi connectivity index (χ2v) is 8.21. The van der Waals surface area contributed by atoms with Gasteiger partial charge in [-0.3, -0.25) is 14.7 Å². The van der Waals surface area contributed by atoms with E-state index < -0.39 is 0 Å². The second-order valence-electron chi connectivity index (χ2n) is 8.21. The van der Waals surface area contributed by atoms with E-state index in [0.29, 0.717) is 18.8 Å². The predicted molar refractivity (Wildman–Crippen MR) is 122 cm³/mol. The molecule has 162 valence electrons.